The lowest BCUT2D eigenvalue weighted by atomic mass is 10.1. The number of benzene rings is 2. The molecular weight excluding hydrogens is 490 g/mol. The standard InChI is InChI=1S/C24H19N3O6S2/c1-12-3-5-14(6-4-12)21-25-22(18-13(2)20(24(28)29)35-23(18)26-21)34-10-16-8-17(27(30)31)7-15-9-32-11-33-19(15)16/h3-8H,9-11H2,1-2H3,(H,28,29)/p-1. The van der Waals surface area contributed by atoms with E-state index < -0.39 is 10.9 Å². The summed E-state index contributed by atoms with van der Waals surface area (Å²) in [6.45, 7) is 3.98. The highest BCUT2D eigenvalue weighted by atomic mass is 32.2. The third-order valence-electron chi connectivity index (χ3n) is 5.60. The van der Waals surface area contributed by atoms with Gasteiger partial charge in [0.15, 0.2) is 12.6 Å². The number of fused-ring (bicyclic) bond motifs is 2. The number of non-ortho nitro benzene ring substituents is 1. The Balaban J connectivity index is 1.60. The Hall–Kier alpha value is -3.54. The van der Waals surface area contributed by atoms with Crippen molar-refractivity contribution in [3.8, 4) is 17.1 Å². The van der Waals surface area contributed by atoms with Gasteiger partial charge in [-0.1, -0.05) is 29.8 Å². The Morgan fingerprint density at radius 2 is 1.97 bits per heavy atom. The minimum absolute atomic E-state index is 0.0485. The number of aryl methyl sites for hydroxylation is 2. The molecule has 1 aliphatic rings. The molecule has 0 N–H and O–H groups in total. The van der Waals surface area contributed by atoms with Crippen LogP contribution in [0.25, 0.3) is 21.6 Å². The molecule has 5 rings (SSSR count). The fourth-order valence-corrected chi connectivity index (χ4v) is 6.00. The summed E-state index contributed by atoms with van der Waals surface area (Å²) in [5, 5.41) is 24.4. The van der Waals surface area contributed by atoms with Gasteiger partial charge in [0.1, 0.15) is 15.6 Å². The highest BCUT2D eigenvalue weighted by Gasteiger charge is 2.23. The number of hydrogen-bond donors (Lipinski definition) is 0. The Morgan fingerprint density at radius 1 is 1.20 bits per heavy atom. The van der Waals surface area contributed by atoms with E-state index in [1.54, 1.807) is 6.92 Å². The number of nitro benzene ring substituents is 1. The number of carbonyl (C=O) groups excluding carboxylic acids is 1. The van der Waals surface area contributed by atoms with Crippen molar-refractivity contribution in [3.63, 3.8) is 0 Å². The molecule has 0 atom stereocenters. The van der Waals surface area contributed by atoms with Crippen molar-refractivity contribution in [1.29, 1.82) is 0 Å². The maximum absolute atomic E-state index is 11.7. The Bertz CT molecular complexity index is 1480. The summed E-state index contributed by atoms with van der Waals surface area (Å²) in [5.41, 5.74) is 3.63. The van der Waals surface area contributed by atoms with Gasteiger partial charge in [0.2, 0.25) is 0 Å². The molecule has 0 saturated heterocycles. The molecule has 4 aromatic rings. The second-order valence-corrected chi connectivity index (χ2v) is 9.95. The first-order valence-electron chi connectivity index (χ1n) is 10.5. The van der Waals surface area contributed by atoms with Gasteiger partial charge in [0.05, 0.1) is 22.4 Å². The number of nitrogens with zero attached hydrogens (tertiary/aromatic N) is 3. The average molecular weight is 509 g/mol. The molecule has 0 spiro atoms. The zero-order valence-electron chi connectivity index (χ0n) is 18.7. The molecule has 0 unspecified atom stereocenters. The summed E-state index contributed by atoms with van der Waals surface area (Å²) in [5.74, 6) is 0.0894. The molecule has 1 aliphatic heterocycles. The number of hydrogen-bond acceptors (Lipinski definition) is 10. The molecule has 2 aromatic heterocycles. The molecule has 11 heteroatoms. The van der Waals surface area contributed by atoms with Crippen LogP contribution in [-0.4, -0.2) is 27.7 Å². The van der Waals surface area contributed by atoms with E-state index >= 15 is 0 Å². The molecule has 0 saturated carbocycles. The van der Waals surface area contributed by atoms with Crippen LogP contribution in [0.3, 0.4) is 0 Å². The molecule has 2 aromatic carbocycles. The Kier molecular flexibility index (Phi) is 6.13. The molecule has 9 nitrogen and oxygen atoms in total. The lowest BCUT2D eigenvalue weighted by Gasteiger charge is -2.20. The summed E-state index contributed by atoms with van der Waals surface area (Å²) in [6.07, 6.45) is 0. The van der Waals surface area contributed by atoms with Crippen molar-refractivity contribution in [2.75, 3.05) is 6.79 Å². The first kappa shape index (κ1) is 23.2. The number of carbonyl (C=O) groups is 1. The summed E-state index contributed by atoms with van der Waals surface area (Å²) in [6, 6.07) is 10.7. The third kappa shape index (κ3) is 4.45. The van der Waals surface area contributed by atoms with Gasteiger partial charge in [-0.3, -0.25) is 10.1 Å². The number of ether oxygens (including phenoxy) is 2. The fourth-order valence-electron chi connectivity index (χ4n) is 3.87. The van der Waals surface area contributed by atoms with Crippen LogP contribution in [0.2, 0.25) is 0 Å². The van der Waals surface area contributed by atoms with Gasteiger partial charge in [-0.15, -0.1) is 23.1 Å². The maximum Gasteiger partial charge on any atom is 0.270 e. The number of aromatic carboxylic acids is 1. The maximum atomic E-state index is 11.7. The van der Waals surface area contributed by atoms with E-state index in [4.69, 9.17) is 14.5 Å². The van der Waals surface area contributed by atoms with Crippen molar-refractivity contribution in [1.82, 2.24) is 9.97 Å². The van der Waals surface area contributed by atoms with Crippen molar-refractivity contribution in [2.45, 2.75) is 31.2 Å². The summed E-state index contributed by atoms with van der Waals surface area (Å²) in [7, 11) is 0. The monoisotopic (exact) mass is 508 g/mol. The van der Waals surface area contributed by atoms with Gasteiger partial charge in [-0.25, -0.2) is 9.97 Å². The van der Waals surface area contributed by atoms with E-state index in [1.165, 1.54) is 23.9 Å². The number of aromatic nitrogens is 2. The third-order valence-corrected chi connectivity index (χ3v) is 7.79. The largest absolute Gasteiger partial charge is 0.544 e. The SMILES string of the molecule is Cc1ccc(-c2nc(SCc3cc([N+](=O)[O-])cc4c3OCOC4)c3c(C)c(C(=O)[O-])sc3n2)cc1. The predicted molar refractivity (Wildman–Crippen MR) is 130 cm³/mol. The molecule has 178 valence electrons. The molecule has 0 radical (unpaired) electrons. The number of thiophene rings is 1. The van der Waals surface area contributed by atoms with Crippen LogP contribution < -0.4 is 9.84 Å². The summed E-state index contributed by atoms with van der Waals surface area (Å²) < 4.78 is 10.9. The van der Waals surface area contributed by atoms with Crippen molar-refractivity contribution in [2.24, 2.45) is 0 Å². The molecule has 0 aliphatic carbocycles. The van der Waals surface area contributed by atoms with Gasteiger partial charge >= 0.3 is 0 Å². The number of nitro groups is 1. The Labute approximate surface area is 207 Å². The van der Waals surface area contributed by atoms with Crippen LogP contribution in [0.4, 0.5) is 5.69 Å². The van der Waals surface area contributed by atoms with Gasteiger partial charge < -0.3 is 19.4 Å². The average Bonchev–Trinajstić information content (AvgIpc) is 3.19. The zero-order chi connectivity index (χ0) is 24.7. The normalized spacial score (nSPS) is 12.9. The molecule has 0 bridgehead atoms. The smallest absolute Gasteiger partial charge is 0.270 e. The highest BCUT2D eigenvalue weighted by Crippen LogP contribution is 2.40. The van der Waals surface area contributed by atoms with Crippen LogP contribution in [0.1, 0.15) is 31.9 Å². The molecule has 3 heterocycles. The van der Waals surface area contributed by atoms with Crippen LogP contribution in [0.15, 0.2) is 41.4 Å². The van der Waals surface area contributed by atoms with Gasteiger partial charge in [-0.05, 0) is 19.4 Å². The summed E-state index contributed by atoms with van der Waals surface area (Å²) in [4.78, 5) is 32.7. The minimum Gasteiger partial charge on any atom is -0.544 e. The summed E-state index contributed by atoms with van der Waals surface area (Å²) >= 11 is 2.40. The van der Waals surface area contributed by atoms with Crippen LogP contribution in [0, 0.1) is 24.0 Å². The van der Waals surface area contributed by atoms with E-state index in [-0.39, 0.29) is 24.0 Å². The van der Waals surface area contributed by atoms with Crippen LogP contribution >= 0.6 is 23.1 Å². The lowest BCUT2D eigenvalue weighted by molar-refractivity contribution is -0.385. The second-order valence-electron chi connectivity index (χ2n) is 7.99. The molecule has 0 fully saturated rings. The van der Waals surface area contributed by atoms with Crippen molar-refractivity contribution < 1.29 is 24.3 Å². The van der Waals surface area contributed by atoms with E-state index in [0.29, 0.717) is 49.3 Å². The van der Waals surface area contributed by atoms with Gasteiger partial charge in [0.25, 0.3) is 5.69 Å². The number of carboxylic acid groups (broad SMARTS) is 1. The van der Waals surface area contributed by atoms with Gasteiger partial charge in [-0.2, -0.15) is 0 Å². The first-order valence-corrected chi connectivity index (χ1v) is 12.3. The molecular formula is C24H18N3O6S2-. The minimum atomic E-state index is -1.26. The quantitative estimate of drug-likeness (QED) is 0.161. The number of carboxylic acids is 1. The Morgan fingerprint density at radius 3 is 2.69 bits per heavy atom. The number of rotatable bonds is 6. The zero-order valence-corrected chi connectivity index (χ0v) is 20.3. The fraction of sp³-hybridized carbons (Fsp3) is 0.208. The molecule has 35 heavy (non-hydrogen) atoms. The van der Waals surface area contributed by atoms with Crippen molar-refractivity contribution in [3.05, 3.63) is 73.6 Å². The van der Waals surface area contributed by atoms with E-state index in [1.807, 2.05) is 31.2 Å². The second kappa shape index (κ2) is 9.25. The van der Waals surface area contributed by atoms with Crippen molar-refractivity contribution >= 4 is 45.0 Å². The van der Waals surface area contributed by atoms with Crippen LogP contribution in [0.5, 0.6) is 5.75 Å². The topological polar surface area (TPSA) is 128 Å². The van der Waals surface area contributed by atoms with E-state index in [0.717, 1.165) is 22.5 Å². The molecule has 0 amide bonds. The highest BCUT2D eigenvalue weighted by molar-refractivity contribution is 7.98. The lowest BCUT2D eigenvalue weighted by Crippen LogP contribution is -2.21. The first-order chi connectivity index (χ1) is 16.8. The van der Waals surface area contributed by atoms with E-state index in [9.17, 15) is 20.0 Å². The van der Waals surface area contributed by atoms with E-state index in [2.05, 4.69) is 4.98 Å². The predicted octanol–water partition coefficient (Wildman–Crippen LogP) is 4.41. The van der Waals surface area contributed by atoms with Gasteiger partial charge in [0, 0.05) is 40.0 Å². The van der Waals surface area contributed by atoms with Crippen LogP contribution in [-0.2, 0) is 17.1 Å². The number of thioether (sulfide) groups is 1.